The van der Waals surface area contributed by atoms with Crippen molar-refractivity contribution in [3.63, 3.8) is 0 Å². The summed E-state index contributed by atoms with van der Waals surface area (Å²) in [6, 6.07) is 5.57. The van der Waals surface area contributed by atoms with Gasteiger partial charge in [0.1, 0.15) is 0 Å². The molecule has 0 saturated carbocycles. The molecule has 0 aliphatic rings. The number of amides is 1. The monoisotopic (exact) mass is 319 g/mol. The summed E-state index contributed by atoms with van der Waals surface area (Å²) in [6.45, 7) is 3.90. The van der Waals surface area contributed by atoms with Crippen LogP contribution in [0.15, 0.2) is 29.8 Å². The SMILES string of the molecule is Cc1ccc(NC(=O)Cc2csc3nc(C)cn23)c(Cl)c1. The molecule has 2 aromatic heterocycles. The molecular weight excluding hydrogens is 306 g/mol. The molecule has 0 aliphatic carbocycles. The van der Waals surface area contributed by atoms with Crippen LogP contribution in [0.25, 0.3) is 4.96 Å². The molecule has 0 aliphatic heterocycles. The van der Waals surface area contributed by atoms with Crippen molar-refractivity contribution in [3.05, 3.63) is 51.7 Å². The number of carbonyl (C=O) groups excluding carboxylic acids is 1. The molecule has 0 spiro atoms. The molecule has 0 unspecified atom stereocenters. The molecule has 108 valence electrons. The number of benzene rings is 1. The van der Waals surface area contributed by atoms with Crippen LogP contribution in [0, 0.1) is 13.8 Å². The minimum absolute atomic E-state index is 0.0909. The summed E-state index contributed by atoms with van der Waals surface area (Å²) in [5.74, 6) is -0.0909. The molecule has 0 saturated heterocycles. The molecule has 3 rings (SSSR count). The molecule has 0 bridgehead atoms. The Kier molecular flexibility index (Phi) is 3.69. The first kappa shape index (κ1) is 14.1. The Morgan fingerprint density at radius 3 is 3.00 bits per heavy atom. The minimum Gasteiger partial charge on any atom is -0.324 e. The summed E-state index contributed by atoms with van der Waals surface area (Å²) in [4.78, 5) is 17.5. The predicted molar refractivity (Wildman–Crippen MR) is 86.3 cm³/mol. The van der Waals surface area contributed by atoms with Crippen LogP contribution in [0.1, 0.15) is 17.0 Å². The molecular formula is C15H14ClN3OS. The zero-order valence-electron chi connectivity index (χ0n) is 11.7. The van der Waals surface area contributed by atoms with E-state index in [-0.39, 0.29) is 5.91 Å². The summed E-state index contributed by atoms with van der Waals surface area (Å²) in [7, 11) is 0. The van der Waals surface area contributed by atoms with Gasteiger partial charge >= 0.3 is 0 Å². The smallest absolute Gasteiger partial charge is 0.230 e. The third kappa shape index (κ3) is 2.94. The van der Waals surface area contributed by atoms with Crippen molar-refractivity contribution in [2.75, 3.05) is 5.32 Å². The van der Waals surface area contributed by atoms with Gasteiger partial charge in [-0.3, -0.25) is 9.20 Å². The fraction of sp³-hybridized carbons (Fsp3) is 0.200. The lowest BCUT2D eigenvalue weighted by molar-refractivity contribution is -0.115. The van der Waals surface area contributed by atoms with Crippen LogP contribution in [-0.2, 0) is 11.2 Å². The predicted octanol–water partition coefficient (Wildman–Crippen LogP) is 3.85. The highest BCUT2D eigenvalue weighted by atomic mass is 35.5. The Bertz CT molecular complexity index is 822. The van der Waals surface area contributed by atoms with E-state index in [0.29, 0.717) is 17.1 Å². The van der Waals surface area contributed by atoms with E-state index in [9.17, 15) is 4.79 Å². The van der Waals surface area contributed by atoms with Crippen LogP contribution in [0.5, 0.6) is 0 Å². The molecule has 6 heteroatoms. The molecule has 4 nitrogen and oxygen atoms in total. The Morgan fingerprint density at radius 2 is 2.24 bits per heavy atom. The maximum absolute atomic E-state index is 12.2. The average Bonchev–Trinajstić information content (AvgIpc) is 2.94. The van der Waals surface area contributed by atoms with Crippen LogP contribution >= 0.6 is 22.9 Å². The summed E-state index contributed by atoms with van der Waals surface area (Å²) in [6.07, 6.45) is 2.23. The molecule has 1 aromatic carbocycles. The van der Waals surface area contributed by atoms with Gasteiger partial charge in [0.2, 0.25) is 5.91 Å². The number of anilines is 1. The van der Waals surface area contributed by atoms with Crippen molar-refractivity contribution in [1.82, 2.24) is 9.38 Å². The van der Waals surface area contributed by atoms with Gasteiger partial charge in [-0.1, -0.05) is 17.7 Å². The maximum atomic E-state index is 12.2. The number of hydrogen-bond acceptors (Lipinski definition) is 3. The van der Waals surface area contributed by atoms with Crippen molar-refractivity contribution in [3.8, 4) is 0 Å². The lowest BCUT2D eigenvalue weighted by Crippen LogP contribution is -2.15. The number of halogens is 1. The normalized spacial score (nSPS) is 11.0. The van der Waals surface area contributed by atoms with E-state index in [1.807, 2.05) is 48.0 Å². The lowest BCUT2D eigenvalue weighted by atomic mass is 10.2. The number of fused-ring (bicyclic) bond motifs is 1. The van der Waals surface area contributed by atoms with Crippen LogP contribution in [0.2, 0.25) is 5.02 Å². The van der Waals surface area contributed by atoms with E-state index in [2.05, 4.69) is 10.3 Å². The fourth-order valence-corrected chi connectivity index (χ4v) is 3.35. The first-order valence-corrected chi connectivity index (χ1v) is 7.77. The number of nitrogens with zero attached hydrogens (tertiary/aromatic N) is 2. The van der Waals surface area contributed by atoms with Crippen LogP contribution in [0.3, 0.4) is 0 Å². The van der Waals surface area contributed by atoms with Crippen LogP contribution in [0.4, 0.5) is 5.69 Å². The Hall–Kier alpha value is -1.85. The van der Waals surface area contributed by atoms with Crippen LogP contribution in [-0.4, -0.2) is 15.3 Å². The Morgan fingerprint density at radius 1 is 1.43 bits per heavy atom. The molecule has 0 atom stereocenters. The number of imidazole rings is 1. The zero-order chi connectivity index (χ0) is 15.0. The van der Waals surface area contributed by atoms with Gasteiger partial charge in [0.05, 0.1) is 22.8 Å². The number of aromatic nitrogens is 2. The summed E-state index contributed by atoms with van der Waals surface area (Å²) < 4.78 is 1.95. The average molecular weight is 320 g/mol. The van der Waals surface area contributed by atoms with Crippen molar-refractivity contribution in [2.24, 2.45) is 0 Å². The molecule has 3 aromatic rings. The summed E-state index contributed by atoms with van der Waals surface area (Å²) in [5, 5.41) is 5.36. The van der Waals surface area contributed by atoms with Crippen LogP contribution < -0.4 is 5.32 Å². The fourth-order valence-electron chi connectivity index (χ4n) is 2.15. The number of nitrogens with one attached hydrogen (secondary N) is 1. The van der Waals surface area contributed by atoms with Crippen molar-refractivity contribution < 1.29 is 4.79 Å². The molecule has 0 fully saturated rings. The first-order valence-electron chi connectivity index (χ1n) is 6.51. The number of rotatable bonds is 3. The van der Waals surface area contributed by atoms with E-state index in [1.54, 1.807) is 0 Å². The number of thiazole rings is 1. The largest absolute Gasteiger partial charge is 0.324 e. The van der Waals surface area contributed by atoms with Crippen molar-refractivity contribution in [2.45, 2.75) is 20.3 Å². The Balaban J connectivity index is 1.77. The van der Waals surface area contributed by atoms with Crippen molar-refractivity contribution in [1.29, 1.82) is 0 Å². The quantitative estimate of drug-likeness (QED) is 0.797. The van der Waals surface area contributed by atoms with Gasteiger partial charge < -0.3 is 5.32 Å². The van der Waals surface area contributed by atoms with Gasteiger partial charge in [-0.25, -0.2) is 4.98 Å². The first-order chi connectivity index (χ1) is 10.0. The zero-order valence-corrected chi connectivity index (χ0v) is 13.3. The maximum Gasteiger partial charge on any atom is 0.230 e. The van der Waals surface area contributed by atoms with Crippen molar-refractivity contribution >= 4 is 39.5 Å². The van der Waals surface area contributed by atoms with Gasteiger partial charge in [0, 0.05) is 17.3 Å². The van der Waals surface area contributed by atoms with Gasteiger partial charge in [0.25, 0.3) is 0 Å². The highest BCUT2D eigenvalue weighted by molar-refractivity contribution is 7.15. The summed E-state index contributed by atoms with van der Waals surface area (Å²) >= 11 is 7.66. The standard InChI is InChI=1S/C15H14ClN3OS/c1-9-3-4-13(12(16)5-9)18-14(20)6-11-8-21-15-17-10(2)7-19(11)15/h3-5,7-8H,6H2,1-2H3,(H,18,20). The molecule has 2 heterocycles. The molecule has 1 amide bonds. The van der Waals surface area contributed by atoms with Gasteiger partial charge in [-0.2, -0.15) is 0 Å². The molecule has 0 radical (unpaired) electrons. The van der Waals surface area contributed by atoms with E-state index < -0.39 is 0 Å². The van der Waals surface area contributed by atoms with E-state index >= 15 is 0 Å². The number of hydrogen-bond donors (Lipinski definition) is 1. The number of carbonyl (C=O) groups is 1. The van der Waals surface area contributed by atoms with Gasteiger partial charge in [0.15, 0.2) is 4.96 Å². The second-order valence-corrected chi connectivity index (χ2v) is 6.21. The van der Waals surface area contributed by atoms with Gasteiger partial charge in [-0.15, -0.1) is 11.3 Å². The minimum atomic E-state index is -0.0909. The Labute approximate surface area is 131 Å². The highest BCUT2D eigenvalue weighted by Crippen LogP contribution is 2.23. The number of aryl methyl sites for hydroxylation is 2. The molecule has 1 N–H and O–H groups in total. The van der Waals surface area contributed by atoms with Gasteiger partial charge in [-0.05, 0) is 31.5 Å². The lowest BCUT2D eigenvalue weighted by Gasteiger charge is -2.07. The second kappa shape index (κ2) is 5.50. The highest BCUT2D eigenvalue weighted by Gasteiger charge is 2.12. The van der Waals surface area contributed by atoms with E-state index in [4.69, 9.17) is 11.6 Å². The third-order valence-electron chi connectivity index (χ3n) is 3.14. The molecule has 21 heavy (non-hydrogen) atoms. The topological polar surface area (TPSA) is 46.4 Å². The van der Waals surface area contributed by atoms with E-state index in [0.717, 1.165) is 21.9 Å². The summed E-state index contributed by atoms with van der Waals surface area (Å²) in [5.41, 5.74) is 3.58. The van der Waals surface area contributed by atoms with E-state index in [1.165, 1.54) is 11.3 Å². The third-order valence-corrected chi connectivity index (χ3v) is 4.35. The second-order valence-electron chi connectivity index (χ2n) is 4.97.